The summed E-state index contributed by atoms with van der Waals surface area (Å²) in [7, 11) is 0. The van der Waals surface area contributed by atoms with E-state index in [1.165, 1.54) is 0 Å². The van der Waals surface area contributed by atoms with Gasteiger partial charge in [0.05, 0.1) is 23.7 Å². The predicted octanol–water partition coefficient (Wildman–Crippen LogP) is 2.51. The average molecular weight is 275 g/mol. The summed E-state index contributed by atoms with van der Waals surface area (Å²) in [4.78, 5) is 4.66. The standard InChI is InChI=1S/C16H25N3O/c1-5-14-18-11-8-6-7-9-12(11)19(14)13(10-20)15(17)16(2,3)4/h6-9,13,15,20H,5,10,17H2,1-4H3. The number of aliphatic hydroxyl groups is 1. The molecule has 1 aromatic carbocycles. The van der Waals surface area contributed by atoms with Gasteiger partial charge in [-0.3, -0.25) is 0 Å². The van der Waals surface area contributed by atoms with Crippen LogP contribution in [0.5, 0.6) is 0 Å². The van der Waals surface area contributed by atoms with E-state index >= 15 is 0 Å². The molecule has 1 heterocycles. The molecule has 0 bridgehead atoms. The summed E-state index contributed by atoms with van der Waals surface area (Å²) >= 11 is 0. The van der Waals surface area contributed by atoms with Gasteiger partial charge in [0, 0.05) is 12.5 Å². The fourth-order valence-corrected chi connectivity index (χ4v) is 2.65. The molecule has 1 aromatic heterocycles. The highest BCUT2D eigenvalue weighted by Crippen LogP contribution is 2.30. The molecule has 2 unspecified atom stereocenters. The van der Waals surface area contributed by atoms with E-state index in [1.54, 1.807) is 0 Å². The first-order valence-electron chi connectivity index (χ1n) is 7.22. The van der Waals surface area contributed by atoms with Gasteiger partial charge in [0.1, 0.15) is 5.82 Å². The van der Waals surface area contributed by atoms with Gasteiger partial charge in [0.25, 0.3) is 0 Å². The number of hydrogen-bond acceptors (Lipinski definition) is 3. The van der Waals surface area contributed by atoms with Crippen molar-refractivity contribution in [3.05, 3.63) is 30.1 Å². The van der Waals surface area contributed by atoms with Crippen LogP contribution >= 0.6 is 0 Å². The molecular weight excluding hydrogens is 250 g/mol. The molecule has 0 amide bonds. The largest absolute Gasteiger partial charge is 0.394 e. The molecule has 2 aromatic rings. The highest BCUT2D eigenvalue weighted by molar-refractivity contribution is 5.76. The number of rotatable bonds is 4. The van der Waals surface area contributed by atoms with Crippen LogP contribution in [0, 0.1) is 5.41 Å². The number of aryl methyl sites for hydroxylation is 1. The highest BCUT2D eigenvalue weighted by Gasteiger charge is 2.31. The van der Waals surface area contributed by atoms with Crippen molar-refractivity contribution in [1.82, 2.24) is 9.55 Å². The maximum Gasteiger partial charge on any atom is 0.109 e. The van der Waals surface area contributed by atoms with Crippen molar-refractivity contribution in [2.45, 2.75) is 46.2 Å². The van der Waals surface area contributed by atoms with Gasteiger partial charge >= 0.3 is 0 Å². The normalized spacial score (nSPS) is 15.5. The SMILES string of the molecule is CCc1nc2ccccc2n1C(CO)C(N)C(C)(C)C. The van der Waals surface area contributed by atoms with Crippen molar-refractivity contribution in [1.29, 1.82) is 0 Å². The predicted molar refractivity (Wildman–Crippen MR) is 82.7 cm³/mol. The quantitative estimate of drug-likeness (QED) is 0.901. The Kier molecular flexibility index (Phi) is 4.16. The average Bonchev–Trinajstić information content (AvgIpc) is 2.77. The molecule has 3 N–H and O–H groups in total. The summed E-state index contributed by atoms with van der Waals surface area (Å²) in [6, 6.07) is 7.72. The van der Waals surface area contributed by atoms with E-state index in [0.29, 0.717) is 0 Å². The van der Waals surface area contributed by atoms with Crippen LogP contribution in [0.25, 0.3) is 11.0 Å². The van der Waals surface area contributed by atoms with Gasteiger partial charge < -0.3 is 15.4 Å². The molecule has 2 rings (SSSR count). The number of benzene rings is 1. The van der Waals surface area contributed by atoms with Crippen LogP contribution < -0.4 is 5.73 Å². The Morgan fingerprint density at radius 2 is 1.95 bits per heavy atom. The molecule has 0 aliphatic heterocycles. The molecule has 0 aliphatic carbocycles. The van der Waals surface area contributed by atoms with Gasteiger partial charge in [-0.25, -0.2) is 4.98 Å². The van der Waals surface area contributed by atoms with Crippen LogP contribution in [0.2, 0.25) is 0 Å². The summed E-state index contributed by atoms with van der Waals surface area (Å²) < 4.78 is 2.12. The second kappa shape index (κ2) is 5.54. The topological polar surface area (TPSA) is 64.1 Å². The van der Waals surface area contributed by atoms with Crippen molar-refractivity contribution in [3.8, 4) is 0 Å². The molecule has 2 atom stereocenters. The van der Waals surface area contributed by atoms with Crippen molar-refractivity contribution in [2.75, 3.05) is 6.61 Å². The van der Waals surface area contributed by atoms with E-state index in [4.69, 9.17) is 5.73 Å². The molecule has 0 saturated heterocycles. The second-order valence-corrected chi connectivity index (χ2v) is 6.38. The first kappa shape index (κ1) is 15.0. The van der Waals surface area contributed by atoms with Gasteiger partial charge in [-0.1, -0.05) is 39.8 Å². The fourth-order valence-electron chi connectivity index (χ4n) is 2.65. The molecule has 0 spiro atoms. The number of nitrogens with two attached hydrogens (primary N) is 1. The van der Waals surface area contributed by atoms with Gasteiger partial charge in [-0.2, -0.15) is 0 Å². The lowest BCUT2D eigenvalue weighted by Crippen LogP contribution is -2.44. The Bertz CT molecular complexity index is 583. The van der Waals surface area contributed by atoms with E-state index in [1.807, 2.05) is 24.3 Å². The lowest BCUT2D eigenvalue weighted by atomic mass is 9.83. The minimum absolute atomic E-state index is 0.0196. The number of imidazole rings is 1. The van der Waals surface area contributed by atoms with Crippen molar-refractivity contribution in [3.63, 3.8) is 0 Å². The lowest BCUT2D eigenvalue weighted by Gasteiger charge is -2.35. The third kappa shape index (κ3) is 2.58. The molecule has 20 heavy (non-hydrogen) atoms. The Morgan fingerprint density at radius 3 is 2.50 bits per heavy atom. The van der Waals surface area contributed by atoms with E-state index in [2.05, 4.69) is 37.2 Å². The molecule has 0 saturated carbocycles. The van der Waals surface area contributed by atoms with Crippen LogP contribution in [-0.4, -0.2) is 27.3 Å². The number of fused-ring (bicyclic) bond motifs is 1. The Hall–Kier alpha value is -1.39. The van der Waals surface area contributed by atoms with Gasteiger partial charge in [0.2, 0.25) is 0 Å². The van der Waals surface area contributed by atoms with Crippen molar-refractivity contribution in [2.24, 2.45) is 11.1 Å². The first-order valence-corrected chi connectivity index (χ1v) is 7.22. The minimum Gasteiger partial charge on any atom is -0.394 e. The number of nitrogens with zero attached hydrogens (tertiary/aromatic N) is 2. The highest BCUT2D eigenvalue weighted by atomic mass is 16.3. The summed E-state index contributed by atoms with van der Waals surface area (Å²) in [5.74, 6) is 0.977. The maximum absolute atomic E-state index is 9.88. The fraction of sp³-hybridized carbons (Fsp3) is 0.562. The molecule has 0 radical (unpaired) electrons. The zero-order valence-electron chi connectivity index (χ0n) is 12.8. The summed E-state index contributed by atoms with van der Waals surface area (Å²) in [6.07, 6.45) is 0.821. The smallest absolute Gasteiger partial charge is 0.109 e. The van der Waals surface area contributed by atoms with Crippen molar-refractivity contribution < 1.29 is 5.11 Å². The molecular formula is C16H25N3O. The summed E-state index contributed by atoms with van der Waals surface area (Å²) in [5, 5.41) is 9.88. The third-order valence-corrected chi connectivity index (χ3v) is 3.92. The van der Waals surface area contributed by atoms with Gasteiger partial charge in [-0.15, -0.1) is 0 Å². The van der Waals surface area contributed by atoms with Gasteiger partial charge in [0.15, 0.2) is 0 Å². The minimum atomic E-state index is -0.155. The van der Waals surface area contributed by atoms with E-state index in [0.717, 1.165) is 23.3 Å². The second-order valence-electron chi connectivity index (χ2n) is 6.38. The van der Waals surface area contributed by atoms with E-state index < -0.39 is 0 Å². The van der Waals surface area contributed by atoms with E-state index in [9.17, 15) is 5.11 Å². The first-order chi connectivity index (χ1) is 9.40. The molecule has 4 heteroatoms. The zero-order chi connectivity index (χ0) is 14.9. The Morgan fingerprint density at radius 1 is 1.30 bits per heavy atom. The van der Waals surface area contributed by atoms with Gasteiger partial charge in [-0.05, 0) is 17.5 Å². The third-order valence-electron chi connectivity index (χ3n) is 3.92. The number of para-hydroxylation sites is 2. The van der Waals surface area contributed by atoms with Crippen LogP contribution in [0.3, 0.4) is 0 Å². The molecule has 4 nitrogen and oxygen atoms in total. The van der Waals surface area contributed by atoms with Crippen LogP contribution in [0.1, 0.15) is 39.6 Å². The van der Waals surface area contributed by atoms with Crippen LogP contribution in [-0.2, 0) is 6.42 Å². The summed E-state index contributed by atoms with van der Waals surface area (Å²) in [6.45, 7) is 8.40. The molecule has 110 valence electrons. The molecule has 0 fully saturated rings. The molecule has 0 aliphatic rings. The monoisotopic (exact) mass is 275 g/mol. The van der Waals surface area contributed by atoms with Crippen molar-refractivity contribution >= 4 is 11.0 Å². The van der Waals surface area contributed by atoms with E-state index in [-0.39, 0.29) is 24.1 Å². The van der Waals surface area contributed by atoms with Crippen LogP contribution in [0.4, 0.5) is 0 Å². The number of aliphatic hydroxyl groups excluding tert-OH is 1. The Balaban J connectivity index is 2.59. The Labute approximate surface area is 120 Å². The zero-order valence-corrected chi connectivity index (χ0v) is 12.8. The summed E-state index contributed by atoms with van der Waals surface area (Å²) in [5.41, 5.74) is 8.33. The lowest BCUT2D eigenvalue weighted by molar-refractivity contribution is 0.155. The number of hydrogen-bond donors (Lipinski definition) is 2. The van der Waals surface area contributed by atoms with Crippen LogP contribution in [0.15, 0.2) is 24.3 Å². The number of aromatic nitrogens is 2. The maximum atomic E-state index is 9.88.